The average molecular weight is 376 g/mol. The van der Waals surface area contributed by atoms with Crippen molar-refractivity contribution in [1.82, 2.24) is 5.32 Å². The van der Waals surface area contributed by atoms with Crippen LogP contribution in [0.1, 0.15) is 12.8 Å². The zero-order valence-corrected chi connectivity index (χ0v) is 14.9. The number of hydrogen-bond acceptors (Lipinski definition) is 5. The minimum Gasteiger partial charge on any atom is -0.378 e. The van der Waals surface area contributed by atoms with Gasteiger partial charge in [0.1, 0.15) is 0 Å². The van der Waals surface area contributed by atoms with Gasteiger partial charge in [-0.3, -0.25) is 9.10 Å². The van der Waals surface area contributed by atoms with Gasteiger partial charge in [0, 0.05) is 31.2 Å². The molecule has 2 aliphatic rings. The van der Waals surface area contributed by atoms with Crippen molar-refractivity contribution in [2.24, 2.45) is 0 Å². The fourth-order valence-corrected chi connectivity index (χ4v) is 4.39. The van der Waals surface area contributed by atoms with Crippen molar-refractivity contribution in [2.75, 3.05) is 41.7 Å². The van der Waals surface area contributed by atoms with Crippen molar-refractivity contribution < 1.29 is 17.9 Å². The number of ether oxygens (including phenoxy) is 1. The maximum Gasteiger partial charge on any atom is 0.235 e. The van der Waals surface area contributed by atoms with Gasteiger partial charge in [-0.1, -0.05) is 0 Å². The van der Waals surface area contributed by atoms with E-state index in [9.17, 15) is 13.2 Å². The Balaban J connectivity index is 0.00000208. The van der Waals surface area contributed by atoms with Gasteiger partial charge in [-0.05, 0) is 30.7 Å². The molecule has 1 aromatic carbocycles. The largest absolute Gasteiger partial charge is 0.378 e. The van der Waals surface area contributed by atoms with E-state index in [1.807, 2.05) is 0 Å². The lowest BCUT2D eigenvalue weighted by atomic mass is 10.2. The summed E-state index contributed by atoms with van der Waals surface area (Å²) in [5.41, 5.74) is 1.30. The molecule has 2 heterocycles. The van der Waals surface area contributed by atoms with Crippen molar-refractivity contribution >= 4 is 39.7 Å². The monoisotopic (exact) mass is 375 g/mol. The molecule has 2 fully saturated rings. The molecule has 0 aromatic heterocycles. The molecule has 0 spiro atoms. The number of amides is 1. The number of nitrogens with one attached hydrogen (secondary N) is 2. The topological polar surface area (TPSA) is 87.7 Å². The van der Waals surface area contributed by atoms with Crippen LogP contribution >= 0.6 is 12.4 Å². The molecule has 0 aliphatic carbocycles. The Morgan fingerprint density at radius 1 is 1.33 bits per heavy atom. The van der Waals surface area contributed by atoms with Gasteiger partial charge in [0.15, 0.2) is 0 Å². The highest BCUT2D eigenvalue weighted by Gasteiger charge is 2.28. The highest BCUT2D eigenvalue weighted by molar-refractivity contribution is 7.93. The summed E-state index contributed by atoms with van der Waals surface area (Å²) in [6.45, 7) is 2.50. The van der Waals surface area contributed by atoms with Crippen LogP contribution in [0.4, 0.5) is 11.4 Å². The Kier molecular flexibility index (Phi) is 6.45. The number of morpholine rings is 1. The molecule has 0 bridgehead atoms. The molecule has 134 valence electrons. The summed E-state index contributed by atoms with van der Waals surface area (Å²) in [6.07, 6.45) is 1.000. The summed E-state index contributed by atoms with van der Waals surface area (Å²) in [4.78, 5) is 12.0. The Labute approximate surface area is 148 Å². The van der Waals surface area contributed by atoms with Crippen molar-refractivity contribution in [1.29, 1.82) is 0 Å². The lowest BCUT2D eigenvalue weighted by Gasteiger charge is -2.23. The van der Waals surface area contributed by atoms with Gasteiger partial charge in [-0.2, -0.15) is 0 Å². The summed E-state index contributed by atoms with van der Waals surface area (Å²) in [6, 6.07) is 6.94. The molecule has 2 N–H and O–H groups in total. The zero-order valence-electron chi connectivity index (χ0n) is 13.2. The molecule has 1 unspecified atom stereocenters. The normalized spacial score (nSPS) is 22.7. The predicted octanol–water partition coefficient (Wildman–Crippen LogP) is 0.965. The van der Waals surface area contributed by atoms with Crippen LogP contribution in [0.15, 0.2) is 24.3 Å². The van der Waals surface area contributed by atoms with E-state index in [1.54, 1.807) is 24.3 Å². The van der Waals surface area contributed by atoms with E-state index in [0.29, 0.717) is 44.0 Å². The summed E-state index contributed by atoms with van der Waals surface area (Å²) in [5.74, 6) is 0.108. The van der Waals surface area contributed by atoms with Crippen LogP contribution in [0.5, 0.6) is 0 Å². The molecule has 7 nitrogen and oxygen atoms in total. The van der Waals surface area contributed by atoms with E-state index < -0.39 is 10.0 Å². The van der Waals surface area contributed by atoms with Crippen LogP contribution in [-0.2, 0) is 19.6 Å². The third kappa shape index (κ3) is 4.60. The first kappa shape index (κ1) is 19.0. The number of anilines is 2. The zero-order chi connectivity index (χ0) is 16.3. The predicted molar refractivity (Wildman–Crippen MR) is 95.3 cm³/mol. The van der Waals surface area contributed by atoms with Crippen molar-refractivity contribution in [3.8, 4) is 0 Å². The maximum absolute atomic E-state index is 12.0. The number of halogens is 1. The Morgan fingerprint density at radius 2 is 2.08 bits per heavy atom. The third-order valence-corrected chi connectivity index (χ3v) is 5.84. The second-order valence-corrected chi connectivity index (χ2v) is 7.78. The van der Waals surface area contributed by atoms with Gasteiger partial charge in [-0.25, -0.2) is 8.42 Å². The van der Waals surface area contributed by atoms with Crippen LogP contribution in [0, 0.1) is 0 Å². The lowest BCUT2D eigenvalue weighted by molar-refractivity contribution is -0.117. The molecule has 24 heavy (non-hydrogen) atoms. The Bertz CT molecular complexity index is 660. The summed E-state index contributed by atoms with van der Waals surface area (Å²) >= 11 is 0. The first-order valence-electron chi connectivity index (χ1n) is 7.76. The van der Waals surface area contributed by atoms with Crippen molar-refractivity contribution in [3.63, 3.8) is 0 Å². The first-order chi connectivity index (χ1) is 11.0. The smallest absolute Gasteiger partial charge is 0.235 e. The van der Waals surface area contributed by atoms with Gasteiger partial charge >= 0.3 is 0 Å². The van der Waals surface area contributed by atoms with Crippen LogP contribution in [-0.4, -0.2) is 52.4 Å². The van der Waals surface area contributed by atoms with Crippen LogP contribution in [0.25, 0.3) is 0 Å². The standard InChI is InChI=1S/C15H21N3O4S.ClH/c19-15(10-13-11-22-8-6-16-13)17-12-2-4-14(5-3-12)18-7-1-9-23(18,20)21;/h2-5,13,16H,1,6-11H2,(H,17,19);1H. The number of nitrogens with zero attached hydrogens (tertiary/aromatic N) is 1. The van der Waals surface area contributed by atoms with Crippen molar-refractivity contribution in [2.45, 2.75) is 18.9 Å². The molecule has 1 amide bonds. The quantitative estimate of drug-likeness (QED) is 0.818. The van der Waals surface area contributed by atoms with Gasteiger partial charge in [0.25, 0.3) is 0 Å². The Hall–Kier alpha value is -1.35. The summed E-state index contributed by atoms with van der Waals surface area (Å²) < 4.78 is 30.5. The van der Waals surface area contributed by atoms with Gasteiger partial charge in [-0.15, -0.1) is 12.4 Å². The minimum absolute atomic E-state index is 0. The summed E-state index contributed by atoms with van der Waals surface area (Å²) in [7, 11) is -3.17. The molecular formula is C15H22ClN3O4S. The lowest BCUT2D eigenvalue weighted by Crippen LogP contribution is -2.43. The first-order valence-corrected chi connectivity index (χ1v) is 9.37. The molecular weight excluding hydrogens is 354 g/mol. The number of benzene rings is 1. The van der Waals surface area contributed by atoms with Crippen LogP contribution in [0.3, 0.4) is 0 Å². The minimum atomic E-state index is -3.17. The number of sulfonamides is 1. The highest BCUT2D eigenvalue weighted by Crippen LogP contribution is 2.25. The highest BCUT2D eigenvalue weighted by atomic mass is 35.5. The summed E-state index contributed by atoms with van der Waals surface area (Å²) in [5, 5.41) is 6.06. The van der Waals surface area contributed by atoms with E-state index in [2.05, 4.69) is 10.6 Å². The molecule has 2 saturated heterocycles. The van der Waals surface area contributed by atoms with Crippen molar-refractivity contribution in [3.05, 3.63) is 24.3 Å². The van der Waals surface area contributed by atoms with Gasteiger partial charge < -0.3 is 15.4 Å². The van der Waals surface area contributed by atoms with E-state index in [-0.39, 0.29) is 30.1 Å². The molecule has 0 saturated carbocycles. The van der Waals surface area contributed by atoms with E-state index >= 15 is 0 Å². The third-order valence-electron chi connectivity index (χ3n) is 3.97. The van der Waals surface area contributed by atoms with Crippen LogP contribution < -0.4 is 14.9 Å². The number of carbonyl (C=O) groups excluding carboxylic acids is 1. The van der Waals surface area contributed by atoms with E-state index in [4.69, 9.17) is 4.74 Å². The van der Waals surface area contributed by atoms with Gasteiger partial charge in [0.2, 0.25) is 15.9 Å². The molecule has 1 atom stereocenters. The SMILES string of the molecule is Cl.O=C(CC1COCCN1)Nc1ccc(N2CCCS2(=O)=O)cc1. The van der Waals surface area contributed by atoms with Gasteiger partial charge in [0.05, 0.1) is 24.7 Å². The fourth-order valence-electron chi connectivity index (χ4n) is 2.83. The van der Waals surface area contributed by atoms with E-state index in [0.717, 1.165) is 6.54 Å². The molecule has 9 heteroatoms. The molecule has 2 aliphatic heterocycles. The Morgan fingerprint density at radius 3 is 2.67 bits per heavy atom. The molecule has 3 rings (SSSR count). The second-order valence-electron chi connectivity index (χ2n) is 5.77. The molecule has 1 aromatic rings. The number of hydrogen-bond donors (Lipinski definition) is 2. The number of carbonyl (C=O) groups is 1. The van der Waals surface area contributed by atoms with Crippen LogP contribution in [0.2, 0.25) is 0 Å². The number of rotatable bonds is 4. The average Bonchev–Trinajstić information content (AvgIpc) is 2.88. The second kappa shape index (κ2) is 8.15. The van der Waals surface area contributed by atoms with E-state index in [1.165, 1.54) is 4.31 Å². The maximum atomic E-state index is 12.0. The molecule has 0 radical (unpaired) electrons. The fraction of sp³-hybridized carbons (Fsp3) is 0.533.